The molecule has 0 spiro atoms. The van der Waals surface area contributed by atoms with Crippen LogP contribution in [0.25, 0.3) is 0 Å². The van der Waals surface area contributed by atoms with Crippen LogP contribution in [0.3, 0.4) is 0 Å². The SMILES string of the molecule is O.[Br][Re][Br].[C-]#N.[CH-]=O.[CH-]=O.[Co]. The molecule has 0 aliphatic heterocycles. The second kappa shape index (κ2) is 292. The zero-order chi connectivity index (χ0) is 8.71. The van der Waals surface area contributed by atoms with E-state index >= 15 is 0 Å². The largest absolute Gasteiger partial charge is 0.545 e. The molecule has 8 heteroatoms. The van der Waals surface area contributed by atoms with Crippen molar-refractivity contribution in [2.45, 2.75) is 0 Å². The molecule has 72 valence electrons. The summed E-state index contributed by atoms with van der Waals surface area (Å²) in [6.07, 6.45) is 0. The van der Waals surface area contributed by atoms with Crippen molar-refractivity contribution in [3.8, 4) is 0 Å². The van der Waals surface area contributed by atoms with Crippen molar-refractivity contribution in [3.05, 3.63) is 6.57 Å². The van der Waals surface area contributed by atoms with Gasteiger partial charge in [-0.3, -0.25) is 13.6 Å². The maximum atomic E-state index is 7.75. The Bertz CT molecular complexity index is 50.8. The van der Waals surface area contributed by atoms with Crippen LogP contribution in [-0.4, -0.2) is 19.1 Å². The van der Waals surface area contributed by atoms with Gasteiger partial charge in [-0.1, -0.05) is 0 Å². The topological polar surface area (TPSA) is 89.4 Å². The molecule has 0 aliphatic rings. The van der Waals surface area contributed by atoms with Crippen LogP contribution in [-0.2, 0) is 40.3 Å². The van der Waals surface area contributed by atoms with E-state index in [4.69, 9.17) is 21.4 Å². The van der Waals surface area contributed by atoms with Crippen molar-refractivity contribution in [3.63, 3.8) is 0 Å². The summed E-state index contributed by atoms with van der Waals surface area (Å²) in [6.45, 7) is 11.2. The molecule has 1 radical (unpaired) electrons. The van der Waals surface area contributed by atoms with Crippen LogP contribution in [0.2, 0.25) is 0 Å². The Morgan fingerprint density at radius 1 is 1.09 bits per heavy atom. The molecule has 0 bridgehead atoms. The van der Waals surface area contributed by atoms with Gasteiger partial charge in [0.05, 0.1) is 0 Å². The van der Waals surface area contributed by atoms with Crippen molar-refractivity contribution in [2.24, 2.45) is 0 Å². The second-order valence-corrected chi connectivity index (χ2v) is 11.9. The molecule has 0 amide bonds. The summed E-state index contributed by atoms with van der Waals surface area (Å²) in [7, 11) is 0. The smallest absolute Gasteiger partial charge is 0 e. The molecule has 2 N–H and O–H groups in total. The fourth-order valence-electron chi connectivity index (χ4n) is 0. The average molecular weight is 507 g/mol. The van der Waals surface area contributed by atoms with Crippen LogP contribution < -0.4 is 0 Å². The van der Waals surface area contributed by atoms with E-state index in [1.807, 2.05) is 0 Å². The van der Waals surface area contributed by atoms with Crippen LogP contribution in [0, 0.1) is 11.8 Å². The van der Waals surface area contributed by atoms with E-state index in [1.165, 1.54) is 0 Å². The average Bonchev–Trinajstić information content (AvgIpc) is 2.01. The minimum absolute atomic E-state index is 0. The third-order valence-corrected chi connectivity index (χ3v) is 0. The van der Waals surface area contributed by atoms with E-state index in [9.17, 15) is 0 Å². The zero-order valence-electron chi connectivity index (χ0n) is 4.89. The van der Waals surface area contributed by atoms with Gasteiger partial charge in [0, 0.05) is 16.8 Å². The van der Waals surface area contributed by atoms with Crippen LogP contribution in [0.1, 0.15) is 0 Å². The second-order valence-electron chi connectivity index (χ2n) is 0.0540. The molecule has 0 fully saturated rings. The molecule has 4 nitrogen and oxygen atoms in total. The number of hydrogen-bond acceptors (Lipinski definition) is 3. The van der Waals surface area contributed by atoms with E-state index < -0.39 is 0 Å². The van der Waals surface area contributed by atoms with Gasteiger partial charge in [0.15, 0.2) is 0 Å². The van der Waals surface area contributed by atoms with Gasteiger partial charge in [-0.25, -0.2) is 0 Å². The summed E-state index contributed by atoms with van der Waals surface area (Å²) in [5.41, 5.74) is 0. The summed E-state index contributed by atoms with van der Waals surface area (Å²) >= 11 is 6.39. The molecule has 0 saturated heterocycles. The number of carbonyl (C=O) groups excluding carboxylic acids is 2. The molecule has 0 aromatic heterocycles. The van der Waals surface area contributed by atoms with Crippen molar-refractivity contribution < 1.29 is 45.8 Å². The first kappa shape index (κ1) is 40.6. The Morgan fingerprint density at radius 2 is 1.09 bits per heavy atom. The van der Waals surface area contributed by atoms with Crippen molar-refractivity contribution in [2.75, 3.05) is 0 Å². The first-order valence-electron chi connectivity index (χ1n) is 0.981. The maximum absolute atomic E-state index is 7.75. The molecular formula is C3H4Br2CoNO3Re-3. The Hall–Kier alpha value is 0.919. The molecule has 0 saturated carbocycles. The quantitative estimate of drug-likeness (QED) is 0.352. The van der Waals surface area contributed by atoms with Crippen molar-refractivity contribution in [1.82, 2.24) is 0 Å². The van der Waals surface area contributed by atoms with E-state index in [2.05, 4.69) is 40.4 Å². The Morgan fingerprint density at radius 3 is 1.09 bits per heavy atom. The molecule has 0 aliphatic carbocycles. The zero-order valence-corrected chi connectivity index (χ0v) is 11.8. The van der Waals surface area contributed by atoms with E-state index in [0.717, 1.165) is 0 Å². The third-order valence-electron chi connectivity index (χ3n) is 0. The van der Waals surface area contributed by atoms with Crippen LogP contribution >= 0.6 is 26.9 Å². The number of nitrogens with zero attached hydrogens (tertiary/aromatic N) is 1. The van der Waals surface area contributed by atoms with E-state index in [-0.39, 0.29) is 36.2 Å². The standard InChI is InChI=1S/CN.2CHO.2BrH.Co.H2O.Re/c3*1-2;;;;;/h;2*1H;2*1H;;1H2;/q3*-1;;;;;+2/p-2. The minimum atomic E-state index is -0.0417. The molecule has 0 unspecified atom stereocenters. The summed E-state index contributed by atoms with van der Waals surface area (Å²) in [4.78, 5) is 15.5. The maximum Gasteiger partial charge on any atom is 0 e. The Labute approximate surface area is 97.2 Å². The monoisotopic (exact) mass is 506 g/mol. The predicted octanol–water partition coefficient (Wildman–Crippen LogP) is 0.410. The first-order valence-corrected chi connectivity index (χ1v) is 12.8. The van der Waals surface area contributed by atoms with Crippen molar-refractivity contribution in [1.29, 1.82) is 5.26 Å². The van der Waals surface area contributed by atoms with Crippen LogP contribution in [0.4, 0.5) is 0 Å². The number of hydrogen-bond donors (Lipinski definition) is 0. The Balaban J connectivity index is -0.00000000729. The van der Waals surface area contributed by atoms with E-state index in [1.54, 1.807) is 0 Å². The molecule has 0 aromatic carbocycles. The van der Waals surface area contributed by atoms with Crippen LogP contribution in [0.15, 0.2) is 0 Å². The van der Waals surface area contributed by atoms with Gasteiger partial charge in [0.25, 0.3) is 0 Å². The van der Waals surface area contributed by atoms with Gasteiger partial charge < -0.3 is 26.9 Å². The normalized spacial score (nSPS) is 2.55. The molecule has 0 rings (SSSR count). The first-order chi connectivity index (χ1) is 4.41. The fourth-order valence-corrected chi connectivity index (χ4v) is 0. The summed E-state index contributed by atoms with van der Waals surface area (Å²) in [5.74, 6) is 0. The molecule has 0 aromatic rings. The van der Waals surface area contributed by atoms with Crippen molar-refractivity contribution >= 4 is 40.4 Å². The summed E-state index contributed by atoms with van der Waals surface area (Å²) < 4.78 is 0. The van der Waals surface area contributed by atoms with Gasteiger partial charge in [0.2, 0.25) is 0 Å². The van der Waals surface area contributed by atoms with Gasteiger partial charge in [-0.05, 0) is 0 Å². The van der Waals surface area contributed by atoms with Crippen LogP contribution in [0.5, 0.6) is 0 Å². The summed E-state index contributed by atoms with van der Waals surface area (Å²) in [5, 5.41) is 6.25. The number of halogens is 2. The third kappa shape index (κ3) is 1030. The molecule has 0 atom stereocenters. The fraction of sp³-hybridized carbons (Fsp3) is 0. The van der Waals surface area contributed by atoms with Gasteiger partial charge in [-0.2, -0.15) is 0 Å². The predicted molar refractivity (Wildman–Crippen MR) is 39.9 cm³/mol. The minimum Gasteiger partial charge on any atom is -0.545 e. The van der Waals surface area contributed by atoms with Gasteiger partial charge in [0.1, 0.15) is 0 Å². The molecule has 0 heterocycles. The van der Waals surface area contributed by atoms with Gasteiger partial charge >= 0.3 is 40.8 Å². The van der Waals surface area contributed by atoms with Gasteiger partial charge in [-0.15, -0.1) is 0 Å². The molecular weight excluding hydrogens is 503 g/mol. The van der Waals surface area contributed by atoms with E-state index in [0.29, 0.717) is 0 Å². The summed E-state index contributed by atoms with van der Waals surface area (Å²) in [6, 6.07) is 0. The number of rotatable bonds is 0. The molecule has 11 heavy (non-hydrogen) atoms. The Kier molecular flexibility index (Phi) is 1080.